The first-order valence-corrected chi connectivity index (χ1v) is 5.89. The van der Waals surface area contributed by atoms with Gasteiger partial charge in [-0.3, -0.25) is 10.2 Å². The molecule has 0 fully saturated rings. The molecule has 108 valence electrons. The van der Waals surface area contributed by atoms with E-state index in [0.29, 0.717) is 32.2 Å². The summed E-state index contributed by atoms with van der Waals surface area (Å²) in [6.45, 7) is 2.57. The van der Waals surface area contributed by atoms with E-state index in [1.165, 1.54) is 6.07 Å². The van der Waals surface area contributed by atoms with Gasteiger partial charge in [0.2, 0.25) is 0 Å². The molecule has 0 aromatic carbocycles. The minimum absolute atomic E-state index is 0.129. The fraction of sp³-hybridized carbons (Fsp3) is 0.636. The predicted molar refractivity (Wildman–Crippen MR) is 65.1 cm³/mol. The Morgan fingerprint density at radius 2 is 2.16 bits per heavy atom. The Kier molecular flexibility index (Phi) is 7.75. The van der Waals surface area contributed by atoms with Crippen LogP contribution in [-0.4, -0.2) is 44.6 Å². The molecule has 1 aromatic rings. The number of amides is 1. The largest absolute Gasteiger partial charge is 0.382 e. The number of hydrogen-bond donors (Lipinski definition) is 2. The van der Waals surface area contributed by atoms with Crippen LogP contribution in [0.25, 0.3) is 0 Å². The van der Waals surface area contributed by atoms with Crippen LogP contribution in [0.2, 0.25) is 0 Å². The Labute approximate surface area is 111 Å². The maximum atomic E-state index is 11.1. The number of ether oxygens (including phenoxy) is 3. The smallest absolute Gasteiger partial charge is 0.287 e. The molecule has 19 heavy (non-hydrogen) atoms. The third-order valence-electron chi connectivity index (χ3n) is 2.18. The van der Waals surface area contributed by atoms with Crippen molar-refractivity contribution in [2.75, 3.05) is 33.5 Å². The van der Waals surface area contributed by atoms with Crippen LogP contribution in [0.5, 0.6) is 0 Å². The van der Waals surface area contributed by atoms with Crippen molar-refractivity contribution in [3.63, 3.8) is 0 Å². The van der Waals surface area contributed by atoms with Gasteiger partial charge in [0, 0.05) is 26.4 Å². The van der Waals surface area contributed by atoms with Crippen molar-refractivity contribution in [2.45, 2.75) is 13.0 Å². The zero-order valence-electron chi connectivity index (χ0n) is 10.9. The SMILES string of the molecule is COCCOCCCOCc1cc(C(=O)NN)no1. The summed E-state index contributed by atoms with van der Waals surface area (Å²) in [5, 5.41) is 3.55. The topological polar surface area (TPSA) is 109 Å². The number of nitrogens with one attached hydrogen (secondary N) is 1. The van der Waals surface area contributed by atoms with E-state index in [1.807, 2.05) is 5.43 Å². The van der Waals surface area contributed by atoms with Crippen molar-refractivity contribution in [2.24, 2.45) is 5.84 Å². The van der Waals surface area contributed by atoms with Gasteiger partial charge in [0.25, 0.3) is 5.91 Å². The molecular formula is C11H19N3O5. The average molecular weight is 273 g/mol. The molecule has 0 spiro atoms. The van der Waals surface area contributed by atoms with Crippen molar-refractivity contribution < 1.29 is 23.5 Å². The highest BCUT2D eigenvalue weighted by Gasteiger charge is 2.10. The maximum absolute atomic E-state index is 11.1. The molecule has 1 amide bonds. The molecule has 0 saturated carbocycles. The van der Waals surface area contributed by atoms with Gasteiger partial charge >= 0.3 is 0 Å². The van der Waals surface area contributed by atoms with Gasteiger partial charge in [-0.05, 0) is 6.42 Å². The molecule has 1 heterocycles. The van der Waals surface area contributed by atoms with Crippen molar-refractivity contribution in [3.05, 3.63) is 17.5 Å². The zero-order valence-corrected chi connectivity index (χ0v) is 10.9. The Balaban J connectivity index is 2.06. The van der Waals surface area contributed by atoms with Gasteiger partial charge in [0.15, 0.2) is 11.5 Å². The number of carbonyl (C=O) groups is 1. The molecule has 0 aliphatic rings. The van der Waals surface area contributed by atoms with Gasteiger partial charge in [-0.15, -0.1) is 0 Å². The van der Waals surface area contributed by atoms with Crippen LogP contribution in [-0.2, 0) is 20.8 Å². The highest BCUT2D eigenvalue weighted by Crippen LogP contribution is 2.05. The van der Waals surface area contributed by atoms with Crippen molar-refractivity contribution in [1.29, 1.82) is 0 Å². The fourth-order valence-corrected chi connectivity index (χ4v) is 1.24. The summed E-state index contributed by atoms with van der Waals surface area (Å²) in [6.07, 6.45) is 0.772. The number of nitrogens with two attached hydrogens (primary N) is 1. The van der Waals surface area contributed by atoms with E-state index < -0.39 is 5.91 Å². The number of hydrogen-bond acceptors (Lipinski definition) is 7. The van der Waals surface area contributed by atoms with Crippen LogP contribution in [0, 0.1) is 0 Å². The summed E-state index contributed by atoms with van der Waals surface area (Å²) in [5.74, 6) is 4.94. The van der Waals surface area contributed by atoms with Crippen LogP contribution in [0.4, 0.5) is 0 Å². The van der Waals surface area contributed by atoms with E-state index in [1.54, 1.807) is 7.11 Å². The molecule has 0 atom stereocenters. The van der Waals surface area contributed by atoms with Crippen molar-refractivity contribution in [3.8, 4) is 0 Å². The molecule has 1 aromatic heterocycles. The molecule has 8 heteroatoms. The second-order valence-electron chi connectivity index (χ2n) is 3.66. The van der Waals surface area contributed by atoms with E-state index in [2.05, 4.69) is 5.16 Å². The predicted octanol–water partition coefficient (Wildman–Crippen LogP) is -0.152. The number of carbonyl (C=O) groups excluding carboxylic acids is 1. The number of hydrazine groups is 1. The molecule has 0 unspecified atom stereocenters. The second kappa shape index (κ2) is 9.45. The number of rotatable bonds is 10. The standard InChI is InChI=1S/C11H19N3O5/c1-16-5-6-17-3-2-4-18-8-9-7-10(14-19-9)11(15)13-12/h7H,2-6,8,12H2,1H3,(H,13,15). The number of nitrogen functional groups attached to an aromatic ring is 1. The van der Waals surface area contributed by atoms with E-state index in [0.717, 1.165) is 6.42 Å². The molecule has 3 N–H and O–H groups in total. The summed E-state index contributed by atoms with van der Waals surface area (Å²) < 4.78 is 20.4. The quantitative estimate of drug-likeness (QED) is 0.264. The van der Waals surface area contributed by atoms with Gasteiger partial charge in [-0.25, -0.2) is 5.84 Å². The Bertz CT molecular complexity index is 369. The molecular weight excluding hydrogens is 254 g/mol. The van der Waals surface area contributed by atoms with Crippen LogP contribution < -0.4 is 11.3 Å². The van der Waals surface area contributed by atoms with Gasteiger partial charge < -0.3 is 18.7 Å². The summed E-state index contributed by atoms with van der Waals surface area (Å²) in [7, 11) is 1.63. The molecule has 8 nitrogen and oxygen atoms in total. The van der Waals surface area contributed by atoms with Gasteiger partial charge in [0.05, 0.1) is 13.2 Å². The van der Waals surface area contributed by atoms with Crippen LogP contribution >= 0.6 is 0 Å². The van der Waals surface area contributed by atoms with Crippen LogP contribution in [0.1, 0.15) is 22.7 Å². The summed E-state index contributed by atoms with van der Waals surface area (Å²) in [4.78, 5) is 11.1. The average Bonchev–Trinajstić information content (AvgIpc) is 2.89. The molecule has 0 radical (unpaired) electrons. The van der Waals surface area contributed by atoms with Crippen LogP contribution in [0.3, 0.4) is 0 Å². The van der Waals surface area contributed by atoms with E-state index in [-0.39, 0.29) is 12.3 Å². The highest BCUT2D eigenvalue weighted by atomic mass is 16.5. The summed E-state index contributed by atoms with van der Waals surface area (Å²) in [6, 6.07) is 1.48. The van der Waals surface area contributed by atoms with Gasteiger partial charge in [0.1, 0.15) is 6.61 Å². The normalized spacial score (nSPS) is 10.6. The van der Waals surface area contributed by atoms with Gasteiger partial charge in [-0.1, -0.05) is 5.16 Å². The first-order valence-electron chi connectivity index (χ1n) is 5.89. The molecule has 1 rings (SSSR count). The molecule has 0 aliphatic heterocycles. The summed E-state index contributed by atoms with van der Waals surface area (Å²) >= 11 is 0. The lowest BCUT2D eigenvalue weighted by atomic mass is 10.3. The number of methoxy groups -OCH3 is 1. The fourth-order valence-electron chi connectivity index (χ4n) is 1.24. The lowest BCUT2D eigenvalue weighted by Gasteiger charge is -2.03. The van der Waals surface area contributed by atoms with E-state index in [4.69, 9.17) is 24.6 Å². The first-order chi connectivity index (χ1) is 9.27. The third kappa shape index (κ3) is 6.30. The molecule has 0 aliphatic carbocycles. The Morgan fingerprint density at radius 1 is 1.37 bits per heavy atom. The Hall–Kier alpha value is -1.48. The summed E-state index contributed by atoms with van der Waals surface area (Å²) in [5.41, 5.74) is 2.10. The first kappa shape index (κ1) is 15.6. The lowest BCUT2D eigenvalue weighted by molar-refractivity contribution is 0.0443. The minimum Gasteiger partial charge on any atom is -0.382 e. The number of aromatic nitrogens is 1. The zero-order chi connectivity index (χ0) is 13.9. The highest BCUT2D eigenvalue weighted by molar-refractivity contribution is 5.91. The van der Waals surface area contributed by atoms with Crippen molar-refractivity contribution >= 4 is 5.91 Å². The van der Waals surface area contributed by atoms with Crippen LogP contribution in [0.15, 0.2) is 10.6 Å². The van der Waals surface area contributed by atoms with E-state index in [9.17, 15) is 4.79 Å². The van der Waals surface area contributed by atoms with Gasteiger partial charge in [-0.2, -0.15) is 0 Å². The molecule has 0 saturated heterocycles. The van der Waals surface area contributed by atoms with Crippen molar-refractivity contribution in [1.82, 2.24) is 10.6 Å². The molecule has 0 bridgehead atoms. The Morgan fingerprint density at radius 3 is 2.89 bits per heavy atom. The second-order valence-corrected chi connectivity index (χ2v) is 3.66. The monoisotopic (exact) mass is 273 g/mol. The van der Waals surface area contributed by atoms with E-state index >= 15 is 0 Å². The maximum Gasteiger partial charge on any atom is 0.287 e. The number of nitrogens with zero attached hydrogens (tertiary/aromatic N) is 1. The lowest BCUT2D eigenvalue weighted by Crippen LogP contribution is -2.30. The third-order valence-corrected chi connectivity index (χ3v) is 2.18. The minimum atomic E-state index is -0.499.